The fourth-order valence-corrected chi connectivity index (χ4v) is 3.64. The molecular weight excluding hydrogens is 413 g/mol. The van der Waals surface area contributed by atoms with E-state index in [2.05, 4.69) is 4.90 Å². The molecule has 0 aliphatic carbocycles. The quantitative estimate of drug-likeness (QED) is 0.586. The van der Waals surface area contributed by atoms with Gasteiger partial charge in [-0.25, -0.2) is 0 Å². The lowest BCUT2D eigenvalue weighted by Gasteiger charge is -2.21. The summed E-state index contributed by atoms with van der Waals surface area (Å²) < 4.78 is 11.7. The number of carbonyl (C=O) groups excluding carboxylic acids is 1. The number of β-amino-alcohol motifs (C(OH)–C–C–N with tert-alkyl or cyclic N) is 1. The van der Waals surface area contributed by atoms with Crippen molar-refractivity contribution in [1.82, 2.24) is 4.90 Å². The number of para-hydroxylation sites is 1. The Morgan fingerprint density at radius 1 is 1.24 bits per heavy atom. The van der Waals surface area contributed by atoms with E-state index in [1.165, 1.54) is 0 Å². The van der Waals surface area contributed by atoms with Gasteiger partial charge < -0.3 is 14.6 Å². The van der Waals surface area contributed by atoms with E-state index in [1.54, 1.807) is 30.3 Å². The Morgan fingerprint density at radius 2 is 2.03 bits per heavy atom. The number of Topliss-reactive ketones (excluding diaryl/α,β-unsaturated/α-hetero) is 1. The van der Waals surface area contributed by atoms with Gasteiger partial charge in [0.25, 0.3) is 0 Å². The van der Waals surface area contributed by atoms with E-state index in [1.807, 2.05) is 19.1 Å². The van der Waals surface area contributed by atoms with Crippen LogP contribution in [0.25, 0.3) is 0 Å². The predicted molar refractivity (Wildman–Crippen MR) is 115 cm³/mol. The normalized spacial score (nSPS) is 17.9. The molecule has 0 saturated carbocycles. The summed E-state index contributed by atoms with van der Waals surface area (Å²) in [6.07, 6.45) is 0.644. The second-order valence-corrected chi connectivity index (χ2v) is 7.92. The molecule has 1 fully saturated rings. The van der Waals surface area contributed by atoms with E-state index in [0.717, 1.165) is 13.0 Å². The molecule has 2 aromatic rings. The first-order valence-corrected chi connectivity index (χ1v) is 10.5. The van der Waals surface area contributed by atoms with Gasteiger partial charge in [0.05, 0.1) is 15.6 Å². The molecule has 1 heterocycles. The molecular formula is C22H25Cl2NO4. The molecule has 1 saturated heterocycles. The molecule has 2 aromatic carbocycles. The molecule has 0 spiro atoms. The standard InChI is InChI=1S/C22H25Cl2NO4/c1-2-21(27)18-5-3-4-6-22(18)28-14-15(26)12-25-10-9-17(13-25)29-16-7-8-19(23)20(24)11-16/h3-8,11,15,17,26H,2,9-10,12-14H2,1H3. The zero-order valence-corrected chi connectivity index (χ0v) is 17.8. The van der Waals surface area contributed by atoms with Crippen molar-refractivity contribution < 1.29 is 19.4 Å². The van der Waals surface area contributed by atoms with E-state index in [4.69, 9.17) is 32.7 Å². The average Bonchev–Trinajstić information content (AvgIpc) is 3.15. The third kappa shape index (κ3) is 6.09. The van der Waals surface area contributed by atoms with Gasteiger partial charge in [-0.05, 0) is 30.7 Å². The van der Waals surface area contributed by atoms with Crippen molar-refractivity contribution in [1.29, 1.82) is 0 Å². The zero-order chi connectivity index (χ0) is 20.8. The number of likely N-dealkylation sites (tertiary alicyclic amines) is 1. The van der Waals surface area contributed by atoms with Crippen LogP contribution in [0.2, 0.25) is 10.0 Å². The highest BCUT2D eigenvalue weighted by molar-refractivity contribution is 6.42. The van der Waals surface area contributed by atoms with Gasteiger partial charge in [0.2, 0.25) is 0 Å². The van der Waals surface area contributed by atoms with Crippen LogP contribution in [0.1, 0.15) is 30.1 Å². The largest absolute Gasteiger partial charge is 0.490 e. The van der Waals surface area contributed by atoms with Gasteiger partial charge in [0.1, 0.15) is 30.3 Å². The van der Waals surface area contributed by atoms with Crippen LogP contribution in [0.5, 0.6) is 11.5 Å². The number of rotatable bonds is 9. The van der Waals surface area contributed by atoms with Crippen LogP contribution in [0.4, 0.5) is 0 Å². The van der Waals surface area contributed by atoms with Gasteiger partial charge in [-0.3, -0.25) is 9.69 Å². The summed E-state index contributed by atoms with van der Waals surface area (Å²) in [5.41, 5.74) is 0.554. The second-order valence-electron chi connectivity index (χ2n) is 7.10. The first-order chi connectivity index (χ1) is 14.0. The number of aliphatic hydroxyl groups is 1. The molecule has 1 aliphatic heterocycles. The number of hydrogen-bond donors (Lipinski definition) is 1. The maximum atomic E-state index is 12.0. The fourth-order valence-electron chi connectivity index (χ4n) is 3.35. The third-order valence-corrected chi connectivity index (χ3v) is 5.57. The molecule has 1 aliphatic rings. The van der Waals surface area contributed by atoms with Crippen LogP contribution in [0.3, 0.4) is 0 Å². The Balaban J connectivity index is 1.46. The summed E-state index contributed by atoms with van der Waals surface area (Å²) in [4.78, 5) is 14.1. The molecule has 0 amide bonds. The van der Waals surface area contributed by atoms with E-state index in [0.29, 0.717) is 46.6 Å². The molecule has 7 heteroatoms. The maximum Gasteiger partial charge on any atom is 0.166 e. The molecule has 3 rings (SSSR count). The van der Waals surface area contributed by atoms with Gasteiger partial charge in [0, 0.05) is 32.1 Å². The van der Waals surface area contributed by atoms with Crippen molar-refractivity contribution in [3.8, 4) is 11.5 Å². The zero-order valence-electron chi connectivity index (χ0n) is 16.3. The first-order valence-electron chi connectivity index (χ1n) is 9.73. The van der Waals surface area contributed by atoms with Crippen LogP contribution in [-0.4, -0.2) is 54.2 Å². The van der Waals surface area contributed by atoms with Gasteiger partial charge in [-0.15, -0.1) is 0 Å². The third-order valence-electron chi connectivity index (χ3n) is 4.83. The summed E-state index contributed by atoms with van der Waals surface area (Å²) in [6, 6.07) is 12.4. The molecule has 0 bridgehead atoms. The fraction of sp³-hybridized carbons (Fsp3) is 0.409. The van der Waals surface area contributed by atoms with Gasteiger partial charge in [0.15, 0.2) is 5.78 Å². The number of hydrogen-bond acceptors (Lipinski definition) is 5. The Bertz CT molecular complexity index is 845. The number of aliphatic hydroxyl groups excluding tert-OH is 1. The molecule has 5 nitrogen and oxygen atoms in total. The summed E-state index contributed by atoms with van der Waals surface area (Å²) in [5, 5.41) is 11.3. The highest BCUT2D eigenvalue weighted by atomic mass is 35.5. The van der Waals surface area contributed by atoms with Gasteiger partial charge >= 0.3 is 0 Å². The Hall–Kier alpha value is -1.79. The van der Waals surface area contributed by atoms with Crippen LogP contribution in [0, 0.1) is 0 Å². The lowest BCUT2D eigenvalue weighted by molar-refractivity contribution is 0.0710. The van der Waals surface area contributed by atoms with Crippen molar-refractivity contribution in [2.24, 2.45) is 0 Å². The minimum absolute atomic E-state index is 0.0249. The second kappa shape index (κ2) is 10.3. The monoisotopic (exact) mass is 437 g/mol. The number of carbonyl (C=O) groups is 1. The van der Waals surface area contributed by atoms with Crippen molar-refractivity contribution in [3.63, 3.8) is 0 Å². The molecule has 156 valence electrons. The number of ketones is 1. The SMILES string of the molecule is CCC(=O)c1ccccc1OCC(O)CN1CCC(Oc2ccc(Cl)c(Cl)c2)C1. The summed E-state index contributed by atoms with van der Waals surface area (Å²) in [6.45, 7) is 3.96. The highest BCUT2D eigenvalue weighted by Crippen LogP contribution is 2.28. The van der Waals surface area contributed by atoms with Crippen LogP contribution < -0.4 is 9.47 Å². The van der Waals surface area contributed by atoms with Gasteiger partial charge in [-0.2, -0.15) is 0 Å². The van der Waals surface area contributed by atoms with Crippen molar-refractivity contribution >= 4 is 29.0 Å². The van der Waals surface area contributed by atoms with Crippen molar-refractivity contribution in [3.05, 3.63) is 58.1 Å². The molecule has 0 radical (unpaired) electrons. The summed E-state index contributed by atoms with van der Waals surface area (Å²) >= 11 is 12.0. The Morgan fingerprint density at radius 3 is 2.79 bits per heavy atom. The van der Waals surface area contributed by atoms with Crippen LogP contribution in [-0.2, 0) is 0 Å². The van der Waals surface area contributed by atoms with E-state index in [9.17, 15) is 9.90 Å². The molecule has 2 unspecified atom stereocenters. The number of halogens is 2. The lowest BCUT2D eigenvalue weighted by Crippen LogP contribution is -2.35. The van der Waals surface area contributed by atoms with Crippen LogP contribution in [0.15, 0.2) is 42.5 Å². The van der Waals surface area contributed by atoms with E-state index >= 15 is 0 Å². The summed E-state index contributed by atoms with van der Waals surface area (Å²) in [7, 11) is 0. The van der Waals surface area contributed by atoms with Crippen LogP contribution >= 0.6 is 23.2 Å². The maximum absolute atomic E-state index is 12.0. The Labute approximate surface area is 181 Å². The molecule has 2 atom stereocenters. The number of nitrogens with zero attached hydrogens (tertiary/aromatic N) is 1. The summed E-state index contributed by atoms with van der Waals surface area (Å²) in [5.74, 6) is 1.23. The highest BCUT2D eigenvalue weighted by Gasteiger charge is 2.26. The smallest absolute Gasteiger partial charge is 0.166 e. The molecule has 0 aromatic heterocycles. The van der Waals surface area contributed by atoms with Crippen molar-refractivity contribution in [2.75, 3.05) is 26.2 Å². The van der Waals surface area contributed by atoms with Crippen molar-refractivity contribution in [2.45, 2.75) is 32.0 Å². The predicted octanol–water partition coefficient (Wildman–Crippen LogP) is 4.48. The first kappa shape index (κ1) is 21.9. The minimum Gasteiger partial charge on any atom is -0.490 e. The minimum atomic E-state index is -0.663. The molecule has 29 heavy (non-hydrogen) atoms. The van der Waals surface area contributed by atoms with E-state index < -0.39 is 6.10 Å². The van der Waals surface area contributed by atoms with E-state index in [-0.39, 0.29) is 18.5 Å². The lowest BCUT2D eigenvalue weighted by atomic mass is 10.1. The topological polar surface area (TPSA) is 59.0 Å². The average molecular weight is 438 g/mol. The van der Waals surface area contributed by atoms with Gasteiger partial charge in [-0.1, -0.05) is 42.3 Å². The Kier molecular flexibility index (Phi) is 7.78. The number of benzene rings is 2. The molecule has 1 N–H and O–H groups in total. The number of ether oxygens (including phenoxy) is 2.